The van der Waals surface area contributed by atoms with E-state index in [1.807, 2.05) is 7.05 Å². The van der Waals surface area contributed by atoms with Crippen molar-refractivity contribution in [1.29, 1.82) is 0 Å². The third-order valence-corrected chi connectivity index (χ3v) is 6.35. The Morgan fingerprint density at radius 2 is 1.93 bits per heavy atom. The molecule has 27 heavy (non-hydrogen) atoms. The quantitative estimate of drug-likeness (QED) is 0.338. The Kier molecular flexibility index (Phi) is 10.7. The molecule has 0 aromatic rings. The van der Waals surface area contributed by atoms with Gasteiger partial charge in [-0.15, -0.1) is 24.0 Å². The lowest BCUT2D eigenvalue weighted by Crippen LogP contribution is -2.52. The summed E-state index contributed by atoms with van der Waals surface area (Å²) in [6, 6.07) is 1.20. The highest BCUT2D eigenvalue weighted by molar-refractivity contribution is 14.0. The first-order valence-corrected chi connectivity index (χ1v) is 10.8. The van der Waals surface area contributed by atoms with E-state index in [2.05, 4.69) is 32.3 Å². The van der Waals surface area contributed by atoms with Crippen molar-refractivity contribution in [2.45, 2.75) is 57.5 Å². The van der Waals surface area contributed by atoms with Crippen LogP contribution in [-0.2, 0) is 4.74 Å². The molecule has 0 aromatic heterocycles. The molecular formula is C20H40IN5O. The molecule has 2 N–H and O–H groups in total. The minimum atomic E-state index is 0. The summed E-state index contributed by atoms with van der Waals surface area (Å²) in [4.78, 5) is 9.69. The second-order valence-electron chi connectivity index (χ2n) is 8.18. The number of guanidine groups is 1. The maximum Gasteiger partial charge on any atom is 0.191 e. The highest BCUT2D eigenvalue weighted by atomic mass is 127. The maximum atomic E-state index is 5.51. The molecule has 158 valence electrons. The number of likely N-dealkylation sites (N-methyl/N-ethyl adjacent to an activating group) is 1. The lowest BCUT2D eigenvalue weighted by molar-refractivity contribution is 0.149. The molecule has 3 fully saturated rings. The highest BCUT2D eigenvalue weighted by Gasteiger charge is 2.25. The smallest absolute Gasteiger partial charge is 0.191 e. The van der Waals surface area contributed by atoms with E-state index in [4.69, 9.17) is 4.74 Å². The SMILES string of the molecule is CCN1CCCCC1CNC(=NC)NC1CCN(CC2CCOC2)CC1.I. The van der Waals surface area contributed by atoms with Crippen molar-refractivity contribution in [3.63, 3.8) is 0 Å². The van der Waals surface area contributed by atoms with E-state index in [1.165, 1.54) is 64.7 Å². The molecule has 0 radical (unpaired) electrons. The number of hydrogen-bond acceptors (Lipinski definition) is 4. The van der Waals surface area contributed by atoms with Crippen LogP contribution in [0, 0.1) is 5.92 Å². The molecule has 6 nitrogen and oxygen atoms in total. The summed E-state index contributed by atoms with van der Waals surface area (Å²) in [5, 5.41) is 7.25. The number of nitrogens with one attached hydrogen (secondary N) is 2. The summed E-state index contributed by atoms with van der Waals surface area (Å²) in [6.45, 7) is 11.2. The molecular weight excluding hydrogens is 453 g/mol. The summed E-state index contributed by atoms with van der Waals surface area (Å²) in [5.41, 5.74) is 0. The minimum absolute atomic E-state index is 0. The first kappa shape index (κ1) is 23.2. The van der Waals surface area contributed by atoms with Crippen LogP contribution in [0.4, 0.5) is 0 Å². The zero-order valence-electron chi connectivity index (χ0n) is 17.3. The summed E-state index contributed by atoms with van der Waals surface area (Å²) in [7, 11) is 1.89. The van der Waals surface area contributed by atoms with E-state index >= 15 is 0 Å². The van der Waals surface area contributed by atoms with Crippen LogP contribution in [-0.4, -0.2) is 87.4 Å². The van der Waals surface area contributed by atoms with Crippen LogP contribution in [0.5, 0.6) is 0 Å². The Labute approximate surface area is 182 Å². The lowest BCUT2D eigenvalue weighted by atomic mass is 10.0. The summed E-state index contributed by atoms with van der Waals surface area (Å²) >= 11 is 0. The van der Waals surface area contributed by atoms with Gasteiger partial charge in [0.25, 0.3) is 0 Å². The van der Waals surface area contributed by atoms with E-state index in [-0.39, 0.29) is 24.0 Å². The van der Waals surface area contributed by atoms with Gasteiger partial charge < -0.3 is 20.3 Å². The monoisotopic (exact) mass is 493 g/mol. The Balaban J connectivity index is 0.00000261. The van der Waals surface area contributed by atoms with Crippen molar-refractivity contribution in [3.05, 3.63) is 0 Å². The second kappa shape index (κ2) is 12.4. The zero-order chi connectivity index (χ0) is 18.2. The standard InChI is InChI=1S/C20H39N5O.HI/c1-3-25-10-5-4-6-19(25)14-22-20(21-2)23-18-7-11-24(12-8-18)15-17-9-13-26-16-17;/h17-19H,3-16H2,1-2H3,(H2,21,22,23);1H. The molecule has 3 aliphatic rings. The third-order valence-electron chi connectivity index (χ3n) is 6.35. The van der Waals surface area contributed by atoms with Crippen LogP contribution < -0.4 is 10.6 Å². The number of piperidine rings is 2. The number of hydrogen-bond donors (Lipinski definition) is 2. The van der Waals surface area contributed by atoms with Crippen LogP contribution >= 0.6 is 24.0 Å². The molecule has 7 heteroatoms. The van der Waals surface area contributed by atoms with Gasteiger partial charge in [-0.2, -0.15) is 0 Å². The molecule has 0 amide bonds. The molecule has 0 spiro atoms. The molecule has 0 aromatic carbocycles. The van der Waals surface area contributed by atoms with E-state index in [1.54, 1.807) is 0 Å². The normalized spacial score (nSPS) is 28.7. The van der Waals surface area contributed by atoms with Gasteiger partial charge >= 0.3 is 0 Å². The Morgan fingerprint density at radius 3 is 2.59 bits per heavy atom. The predicted octanol–water partition coefficient (Wildman–Crippen LogP) is 2.14. The molecule has 2 unspecified atom stereocenters. The van der Waals surface area contributed by atoms with E-state index < -0.39 is 0 Å². The van der Waals surface area contributed by atoms with Crippen molar-refractivity contribution in [3.8, 4) is 0 Å². The first-order chi connectivity index (χ1) is 12.8. The van der Waals surface area contributed by atoms with Gasteiger partial charge in [0, 0.05) is 51.9 Å². The van der Waals surface area contributed by atoms with Gasteiger partial charge in [-0.05, 0) is 51.1 Å². The maximum absolute atomic E-state index is 5.51. The van der Waals surface area contributed by atoms with E-state index in [9.17, 15) is 0 Å². The number of halogens is 1. The summed E-state index contributed by atoms with van der Waals surface area (Å²) < 4.78 is 5.51. The van der Waals surface area contributed by atoms with Crippen LogP contribution in [0.1, 0.15) is 45.4 Å². The Bertz CT molecular complexity index is 436. The van der Waals surface area contributed by atoms with Gasteiger partial charge in [-0.1, -0.05) is 13.3 Å². The number of likely N-dealkylation sites (tertiary alicyclic amines) is 2. The number of nitrogens with zero attached hydrogens (tertiary/aromatic N) is 3. The van der Waals surface area contributed by atoms with Gasteiger partial charge in [-0.3, -0.25) is 9.89 Å². The van der Waals surface area contributed by atoms with Crippen LogP contribution in [0.15, 0.2) is 4.99 Å². The van der Waals surface area contributed by atoms with Crippen molar-refractivity contribution in [2.24, 2.45) is 10.9 Å². The molecule has 0 bridgehead atoms. The van der Waals surface area contributed by atoms with Gasteiger partial charge in [0.15, 0.2) is 5.96 Å². The van der Waals surface area contributed by atoms with Crippen LogP contribution in [0.25, 0.3) is 0 Å². The van der Waals surface area contributed by atoms with E-state index in [0.29, 0.717) is 12.1 Å². The van der Waals surface area contributed by atoms with Crippen molar-refractivity contribution >= 4 is 29.9 Å². The molecule has 2 atom stereocenters. The lowest BCUT2D eigenvalue weighted by Gasteiger charge is -2.36. The predicted molar refractivity (Wildman–Crippen MR) is 123 cm³/mol. The summed E-state index contributed by atoms with van der Waals surface area (Å²) in [5.74, 6) is 1.74. The van der Waals surface area contributed by atoms with E-state index in [0.717, 1.165) is 38.2 Å². The fourth-order valence-corrected chi connectivity index (χ4v) is 4.66. The van der Waals surface area contributed by atoms with Gasteiger partial charge in [0.1, 0.15) is 0 Å². The first-order valence-electron chi connectivity index (χ1n) is 10.8. The highest BCUT2D eigenvalue weighted by Crippen LogP contribution is 2.18. The van der Waals surface area contributed by atoms with Crippen molar-refractivity contribution < 1.29 is 4.74 Å². The van der Waals surface area contributed by atoms with Gasteiger partial charge in [-0.25, -0.2) is 0 Å². The number of aliphatic imine (C=N–C) groups is 1. The molecule has 3 heterocycles. The largest absolute Gasteiger partial charge is 0.381 e. The third kappa shape index (κ3) is 7.33. The minimum Gasteiger partial charge on any atom is -0.381 e. The van der Waals surface area contributed by atoms with Crippen LogP contribution in [0.3, 0.4) is 0 Å². The van der Waals surface area contributed by atoms with Gasteiger partial charge in [0.05, 0.1) is 6.61 Å². The second-order valence-corrected chi connectivity index (χ2v) is 8.18. The molecule has 3 aliphatic heterocycles. The molecule has 0 aliphatic carbocycles. The zero-order valence-corrected chi connectivity index (χ0v) is 19.6. The van der Waals surface area contributed by atoms with Crippen molar-refractivity contribution in [2.75, 3.05) is 59.5 Å². The average Bonchev–Trinajstić information content (AvgIpc) is 3.19. The van der Waals surface area contributed by atoms with Gasteiger partial charge in [0.2, 0.25) is 0 Å². The Morgan fingerprint density at radius 1 is 1.11 bits per heavy atom. The fraction of sp³-hybridized carbons (Fsp3) is 0.950. The number of ether oxygens (including phenoxy) is 1. The average molecular weight is 493 g/mol. The molecule has 3 rings (SSSR count). The summed E-state index contributed by atoms with van der Waals surface area (Å²) in [6.07, 6.45) is 7.67. The number of rotatable bonds is 6. The van der Waals surface area contributed by atoms with Crippen molar-refractivity contribution in [1.82, 2.24) is 20.4 Å². The molecule has 0 saturated carbocycles. The topological polar surface area (TPSA) is 52.1 Å². The fourth-order valence-electron chi connectivity index (χ4n) is 4.66. The van der Waals surface area contributed by atoms with Crippen LogP contribution in [0.2, 0.25) is 0 Å². The molecule has 3 saturated heterocycles. The Hall–Kier alpha value is -0.120.